The normalized spacial score (nSPS) is 27.3. The molecule has 0 aromatic heterocycles. The van der Waals surface area contributed by atoms with E-state index in [0.29, 0.717) is 23.2 Å². The highest BCUT2D eigenvalue weighted by molar-refractivity contribution is 7.52. The van der Waals surface area contributed by atoms with E-state index < -0.39 is 110 Å². The molecule has 69 heavy (non-hydrogen) atoms. The highest BCUT2D eigenvalue weighted by Crippen LogP contribution is 2.49. The molecule has 21 nitrogen and oxygen atoms in total. The van der Waals surface area contributed by atoms with Crippen molar-refractivity contribution in [3.05, 3.63) is 76.3 Å². The molecule has 23 heteroatoms. The van der Waals surface area contributed by atoms with E-state index in [0.717, 1.165) is 5.57 Å². The average Bonchev–Trinajstić information content (AvgIpc) is 3.97. The third-order valence-electron chi connectivity index (χ3n) is 11.9. The van der Waals surface area contributed by atoms with Gasteiger partial charge in [0.1, 0.15) is 66.1 Å². The van der Waals surface area contributed by atoms with Gasteiger partial charge in [0.15, 0.2) is 5.72 Å². The van der Waals surface area contributed by atoms with Crippen LogP contribution in [0.15, 0.2) is 65.2 Å². The zero-order valence-corrected chi connectivity index (χ0v) is 41.2. The van der Waals surface area contributed by atoms with E-state index in [-0.39, 0.29) is 36.0 Å². The number of nitrogens with zero attached hydrogens (tertiary/aromatic N) is 2. The van der Waals surface area contributed by atoms with Crippen LogP contribution in [0, 0.1) is 5.92 Å². The molecule has 9 atom stereocenters. The summed E-state index contributed by atoms with van der Waals surface area (Å²) < 4.78 is 41.0. The van der Waals surface area contributed by atoms with Crippen LogP contribution in [-0.4, -0.2) is 131 Å². The number of esters is 1. The zero-order valence-electron chi connectivity index (χ0n) is 39.5. The maximum atomic E-state index is 14.3. The van der Waals surface area contributed by atoms with Crippen LogP contribution >= 0.6 is 19.2 Å². The molecule has 2 unspecified atom stereocenters. The van der Waals surface area contributed by atoms with Gasteiger partial charge in [0, 0.05) is 32.2 Å². The number of aliphatic hydroxyl groups is 1. The lowest BCUT2D eigenvalue weighted by molar-refractivity contribution is -0.151. The maximum Gasteiger partial charge on any atom is 0.409 e. The number of hydrogen-bond acceptors (Lipinski definition) is 14. The molecule has 0 radical (unpaired) electrons. The van der Waals surface area contributed by atoms with Crippen molar-refractivity contribution in [1.29, 1.82) is 0 Å². The quantitative estimate of drug-likeness (QED) is 0.0618. The second-order valence-corrected chi connectivity index (χ2v) is 19.5. The number of fused-ring (bicyclic) bond motifs is 5. The molecule has 5 rings (SSSR count). The number of epoxide rings is 1. The summed E-state index contributed by atoms with van der Waals surface area (Å²) >= 11 is 7.00. The maximum absolute atomic E-state index is 14.3. The number of alkyl carbamates (subject to hydrolysis) is 1. The first-order chi connectivity index (χ1) is 32.4. The SMILES string of the molecule is C/C=N/CC(=O)NC(C)C(=O)NC(C)C(=O)Nc1ccc(COc2cc3cc(c2Cl)N(C)C(=O)C[C@H](OC(=O)CP(=O)(O)O)[C@]2(C)O[C@H]2[C@H](C)[C@@H]2C[C@@](O)(NC(=O)O2)[C@H](OC)/C=C/C=C(\C)C3)cc1. The van der Waals surface area contributed by atoms with Gasteiger partial charge in [0.25, 0.3) is 0 Å². The number of hydrogen-bond donors (Lipinski definition) is 7. The van der Waals surface area contributed by atoms with Gasteiger partial charge in [-0.3, -0.25) is 38.8 Å². The van der Waals surface area contributed by atoms with Gasteiger partial charge in [-0.15, -0.1) is 0 Å². The Balaban J connectivity index is 1.40. The Morgan fingerprint density at radius 3 is 2.43 bits per heavy atom. The van der Waals surface area contributed by atoms with Crippen molar-refractivity contribution in [2.24, 2.45) is 10.9 Å². The summed E-state index contributed by atoms with van der Waals surface area (Å²) in [4.78, 5) is 102. The van der Waals surface area contributed by atoms with Crippen LogP contribution in [0.4, 0.5) is 16.2 Å². The molecule has 2 aromatic rings. The summed E-state index contributed by atoms with van der Waals surface area (Å²) in [5, 5.41) is 22.1. The summed E-state index contributed by atoms with van der Waals surface area (Å²) in [6.07, 6.45) is -0.279. The van der Waals surface area contributed by atoms with E-state index >= 15 is 0 Å². The van der Waals surface area contributed by atoms with Gasteiger partial charge in [0.2, 0.25) is 23.6 Å². The molecule has 0 saturated carbocycles. The van der Waals surface area contributed by atoms with Crippen molar-refractivity contribution in [3.63, 3.8) is 0 Å². The second kappa shape index (κ2) is 22.8. The third kappa shape index (κ3) is 14.4. The van der Waals surface area contributed by atoms with E-state index in [4.69, 9.17) is 35.3 Å². The number of amides is 5. The lowest BCUT2D eigenvalue weighted by atomic mass is 9.83. The van der Waals surface area contributed by atoms with E-state index in [1.54, 1.807) is 75.4 Å². The first kappa shape index (κ1) is 54.3. The Hall–Kier alpha value is -5.67. The monoisotopic (exact) mass is 1000 g/mol. The number of aliphatic imine (C=N–C) groups is 1. The molecular formula is C46H60ClN6O15P. The number of ether oxygens (including phenoxy) is 5. The minimum absolute atomic E-state index is 0.0128. The van der Waals surface area contributed by atoms with Crippen molar-refractivity contribution >= 4 is 72.5 Å². The Kier molecular flexibility index (Phi) is 18.0. The fraction of sp³-hybridized carbons (Fsp3) is 0.500. The smallest absolute Gasteiger partial charge is 0.409 e. The summed E-state index contributed by atoms with van der Waals surface area (Å²) in [7, 11) is -2.05. The lowest BCUT2D eigenvalue weighted by Gasteiger charge is -2.42. The Morgan fingerprint density at radius 2 is 1.78 bits per heavy atom. The van der Waals surface area contributed by atoms with Gasteiger partial charge in [0.05, 0.1) is 18.2 Å². The van der Waals surface area contributed by atoms with Crippen molar-refractivity contribution in [1.82, 2.24) is 16.0 Å². The highest BCUT2D eigenvalue weighted by Gasteiger charge is 2.64. The average molecular weight is 1000 g/mol. The van der Waals surface area contributed by atoms with E-state index in [2.05, 4.69) is 26.3 Å². The van der Waals surface area contributed by atoms with Crippen LogP contribution in [0.25, 0.3) is 0 Å². The first-order valence-electron chi connectivity index (χ1n) is 22.0. The van der Waals surface area contributed by atoms with Gasteiger partial charge in [-0.05, 0) is 82.6 Å². The van der Waals surface area contributed by atoms with E-state index in [1.807, 2.05) is 6.92 Å². The number of halogens is 1. The molecule has 4 bridgehead atoms. The zero-order chi connectivity index (χ0) is 51.0. The van der Waals surface area contributed by atoms with Crippen LogP contribution in [0.5, 0.6) is 5.75 Å². The first-order valence-corrected chi connectivity index (χ1v) is 24.2. The molecule has 3 aliphatic heterocycles. The van der Waals surface area contributed by atoms with Crippen LogP contribution in [0.3, 0.4) is 0 Å². The standard InChI is InChI=1S/C46H60ClN6O15P/c1-9-48-22-37(54)49-27(4)42(57)50-28(5)43(58)51-31-15-13-29(14-16-31)23-65-33-19-30-17-25(2)11-10-12-35(64-8)46(60)21-34(66-44(59)52-46)26(3)41-45(6,68-41)36(67-39(56)24-69(61,62)63)20-38(55)53(7)32(18-30)40(33)47/h9-16,18-19,26-28,34-36,41,60H,17,20-24H2,1-8H3,(H,49,54)(H,50,57)(H,51,58)(H,52,59)(H2,61,62,63)/b12-10+,25-11+,48-9+/t26-,27?,28?,34+,35-,36+,41+,45+,46+/m1/s1. The molecule has 0 aliphatic carbocycles. The molecular weight excluding hydrogens is 943 g/mol. The molecule has 3 aliphatic rings. The number of anilines is 2. The fourth-order valence-corrected chi connectivity index (χ4v) is 8.65. The molecule has 5 amide bonds. The van der Waals surface area contributed by atoms with Gasteiger partial charge < -0.3 is 59.4 Å². The van der Waals surface area contributed by atoms with Gasteiger partial charge in [-0.1, -0.05) is 54.5 Å². The number of benzene rings is 2. The highest BCUT2D eigenvalue weighted by atomic mass is 35.5. The molecule has 7 N–H and O–H groups in total. The van der Waals surface area contributed by atoms with Crippen LogP contribution in [0.2, 0.25) is 5.02 Å². The van der Waals surface area contributed by atoms with E-state index in [9.17, 15) is 48.2 Å². The number of allylic oxidation sites excluding steroid dienone is 3. The van der Waals surface area contributed by atoms with Crippen LogP contribution in [-0.2, 0) is 60.5 Å². The lowest BCUT2D eigenvalue weighted by Crippen LogP contribution is -2.63. The van der Waals surface area contributed by atoms with Gasteiger partial charge in [-0.25, -0.2) is 4.79 Å². The Bertz CT molecular complexity index is 2410. The van der Waals surface area contributed by atoms with Crippen molar-refractivity contribution in [2.45, 2.75) is 115 Å². The molecule has 2 saturated heterocycles. The van der Waals surface area contributed by atoms with Crippen LogP contribution in [0.1, 0.15) is 65.5 Å². The number of methoxy groups -OCH3 is 1. The van der Waals surface area contributed by atoms with Crippen LogP contribution < -0.4 is 30.9 Å². The van der Waals surface area contributed by atoms with Crippen molar-refractivity contribution in [2.75, 3.05) is 37.1 Å². The minimum atomic E-state index is -4.88. The number of rotatable bonds is 14. The predicted octanol–water partition coefficient (Wildman–Crippen LogP) is 3.45. The molecule has 2 aromatic carbocycles. The van der Waals surface area contributed by atoms with E-state index in [1.165, 1.54) is 39.1 Å². The largest absolute Gasteiger partial charge is 0.487 e. The molecule has 376 valence electrons. The number of carbonyl (C=O) groups excluding carboxylic acids is 6. The summed E-state index contributed by atoms with van der Waals surface area (Å²) in [6.45, 7) is 9.62. The third-order valence-corrected chi connectivity index (χ3v) is 12.9. The molecule has 0 spiro atoms. The van der Waals surface area contributed by atoms with Gasteiger partial charge >= 0.3 is 19.7 Å². The fourth-order valence-electron chi connectivity index (χ4n) is 7.95. The summed E-state index contributed by atoms with van der Waals surface area (Å²) in [5.74, 6) is -3.87. The second-order valence-electron chi connectivity index (χ2n) is 17.5. The number of nitrogens with one attached hydrogen (secondary N) is 4. The molecule has 3 heterocycles. The molecule has 2 fully saturated rings. The summed E-state index contributed by atoms with van der Waals surface area (Å²) in [6, 6.07) is 8.24. The topological polar surface area (TPSA) is 293 Å². The Morgan fingerprint density at radius 1 is 1.10 bits per heavy atom. The summed E-state index contributed by atoms with van der Waals surface area (Å²) in [5.41, 5.74) is -0.573. The predicted molar refractivity (Wildman–Crippen MR) is 253 cm³/mol. The minimum Gasteiger partial charge on any atom is -0.487 e. The van der Waals surface area contributed by atoms with Gasteiger partial charge in [-0.2, -0.15) is 0 Å². The van der Waals surface area contributed by atoms with Crippen molar-refractivity contribution < 1.29 is 71.9 Å². The number of carbonyl (C=O) groups is 6. The van der Waals surface area contributed by atoms with Crippen molar-refractivity contribution in [3.8, 4) is 5.75 Å². The Labute approximate surface area is 404 Å².